The molecule has 2 aromatic rings. The zero-order chi connectivity index (χ0) is 27.9. The van der Waals surface area contributed by atoms with E-state index >= 15 is 0 Å². The Balaban J connectivity index is 2.30. The Labute approximate surface area is 215 Å². The van der Waals surface area contributed by atoms with E-state index in [2.05, 4.69) is 17.0 Å². The summed E-state index contributed by atoms with van der Waals surface area (Å²) in [5.74, 6) is 5.52. The van der Waals surface area contributed by atoms with Crippen LogP contribution >= 0.6 is 0 Å². The minimum absolute atomic E-state index is 0.102. The number of rotatable bonds is 10. The Morgan fingerprint density at radius 1 is 1.16 bits per heavy atom. The summed E-state index contributed by atoms with van der Waals surface area (Å²) in [6.45, 7) is 8.61. The Morgan fingerprint density at radius 2 is 1.84 bits per heavy atom. The lowest BCUT2D eigenvalue weighted by Crippen LogP contribution is -2.27. The number of anilines is 2. The number of benzene rings is 2. The molecule has 2 aromatic carbocycles. The van der Waals surface area contributed by atoms with Crippen molar-refractivity contribution in [3.63, 3.8) is 0 Å². The van der Waals surface area contributed by atoms with E-state index in [1.807, 2.05) is 20.9 Å². The normalized spacial score (nSPS) is 12.2. The van der Waals surface area contributed by atoms with Crippen molar-refractivity contribution in [2.45, 2.75) is 26.6 Å². The van der Waals surface area contributed by atoms with Crippen LogP contribution in [-0.4, -0.2) is 49.7 Å². The molecule has 5 N–H and O–H groups in total. The van der Waals surface area contributed by atoms with Gasteiger partial charge < -0.3 is 21.0 Å². The number of halogens is 3. The van der Waals surface area contributed by atoms with Crippen LogP contribution in [0.25, 0.3) is 0 Å². The number of nitrogens with two attached hydrogens (primary N) is 2. The highest BCUT2D eigenvalue weighted by Crippen LogP contribution is 2.31. The number of nitrogens with zero attached hydrogens (tertiary/aromatic N) is 4. The number of hydrogen-bond acceptors (Lipinski definition) is 7. The minimum Gasteiger partial charge on any atom is -0.397 e. The molecule has 2 rings (SSSR count). The maximum absolute atomic E-state index is 13.4. The summed E-state index contributed by atoms with van der Waals surface area (Å²) in [7, 11) is 5.28. The topological polar surface area (TPSA) is 103 Å². The van der Waals surface area contributed by atoms with Gasteiger partial charge in [-0.3, -0.25) is 9.80 Å². The van der Waals surface area contributed by atoms with Gasteiger partial charge in [-0.1, -0.05) is 12.6 Å². The van der Waals surface area contributed by atoms with Gasteiger partial charge in [-0.25, -0.2) is 5.84 Å². The van der Waals surface area contributed by atoms with Gasteiger partial charge in [0.2, 0.25) is 0 Å². The van der Waals surface area contributed by atoms with Gasteiger partial charge in [0.05, 0.1) is 23.2 Å². The average Bonchev–Trinajstić information content (AvgIpc) is 2.81. The second-order valence-electron chi connectivity index (χ2n) is 8.84. The van der Waals surface area contributed by atoms with E-state index in [-0.39, 0.29) is 17.8 Å². The number of amides is 1. The van der Waals surface area contributed by atoms with Crippen molar-refractivity contribution < 1.29 is 18.0 Å². The SMILES string of the molecule is C=C(/C=N\N(C)CC)/C(N)=C/N(N)c1cc(NC(=O)c2cc(CN(C)C)cc(C(F)(F)F)c2)ccc1C. The Bertz CT molecular complexity index is 1190. The lowest BCUT2D eigenvalue weighted by atomic mass is 10.0. The summed E-state index contributed by atoms with van der Waals surface area (Å²) >= 11 is 0. The van der Waals surface area contributed by atoms with Gasteiger partial charge in [0.25, 0.3) is 5.91 Å². The standard InChI is InChI=1S/C26H34F3N7O/c1-7-35(6)32-14-18(3)23(30)16-36(31)24-13-22(9-8-17(24)2)33-25(37)20-10-19(15-34(4)5)11-21(12-20)26(27,28)29/h8-14,16H,3,7,15,30-31H2,1-2,4-6H3,(H,33,37)/b23-16-,32-14-. The monoisotopic (exact) mass is 517 g/mol. The molecule has 0 bridgehead atoms. The van der Waals surface area contributed by atoms with E-state index in [1.165, 1.54) is 23.5 Å². The minimum atomic E-state index is -4.58. The molecule has 0 aromatic heterocycles. The number of carbonyl (C=O) groups excluding carboxylic acids is 1. The van der Waals surface area contributed by atoms with Gasteiger partial charge in [0.1, 0.15) is 0 Å². The van der Waals surface area contributed by atoms with Crippen molar-refractivity contribution in [3.05, 3.63) is 82.7 Å². The fraction of sp³-hybridized carbons (Fsp3) is 0.308. The molecule has 200 valence electrons. The highest BCUT2D eigenvalue weighted by molar-refractivity contribution is 6.04. The fourth-order valence-corrected chi connectivity index (χ4v) is 3.24. The number of alkyl halides is 3. The molecule has 0 aliphatic rings. The predicted molar refractivity (Wildman–Crippen MR) is 143 cm³/mol. The number of aryl methyl sites for hydroxylation is 1. The number of allylic oxidation sites excluding steroid dienone is 1. The number of hydrazine groups is 1. The summed E-state index contributed by atoms with van der Waals surface area (Å²) < 4.78 is 40.3. The average molecular weight is 518 g/mol. The lowest BCUT2D eigenvalue weighted by Gasteiger charge is -2.19. The molecule has 0 atom stereocenters. The molecule has 0 aliphatic carbocycles. The summed E-state index contributed by atoms with van der Waals surface area (Å²) in [5.41, 5.74) is 7.86. The molecule has 11 heteroatoms. The Hall–Kier alpha value is -3.83. The Kier molecular flexibility index (Phi) is 9.87. The zero-order valence-electron chi connectivity index (χ0n) is 21.7. The smallest absolute Gasteiger partial charge is 0.397 e. The van der Waals surface area contributed by atoms with Crippen LogP contribution in [0.3, 0.4) is 0 Å². The number of hydrogen-bond donors (Lipinski definition) is 3. The van der Waals surface area contributed by atoms with E-state index in [9.17, 15) is 18.0 Å². The third-order valence-corrected chi connectivity index (χ3v) is 5.34. The third-order valence-electron chi connectivity index (χ3n) is 5.34. The highest BCUT2D eigenvalue weighted by Gasteiger charge is 2.32. The molecule has 8 nitrogen and oxygen atoms in total. The molecule has 0 spiro atoms. The third kappa shape index (κ3) is 8.65. The first-order chi connectivity index (χ1) is 17.2. The van der Waals surface area contributed by atoms with Crippen LogP contribution in [0.4, 0.5) is 24.5 Å². The van der Waals surface area contributed by atoms with Crippen molar-refractivity contribution in [2.75, 3.05) is 38.0 Å². The predicted octanol–water partition coefficient (Wildman–Crippen LogP) is 4.30. The van der Waals surface area contributed by atoms with E-state index in [4.69, 9.17) is 11.6 Å². The molecule has 0 fully saturated rings. The van der Waals surface area contributed by atoms with Crippen molar-refractivity contribution in [3.8, 4) is 0 Å². The molecule has 0 radical (unpaired) electrons. The van der Waals surface area contributed by atoms with Crippen LogP contribution in [0.1, 0.15) is 34.0 Å². The largest absolute Gasteiger partial charge is 0.416 e. The highest BCUT2D eigenvalue weighted by atomic mass is 19.4. The molecule has 0 heterocycles. The second kappa shape index (κ2) is 12.4. The summed E-state index contributed by atoms with van der Waals surface area (Å²) in [5, 5.41) is 9.84. The first-order valence-corrected chi connectivity index (χ1v) is 11.4. The van der Waals surface area contributed by atoms with Gasteiger partial charge in [-0.15, -0.1) is 0 Å². The molecule has 0 saturated carbocycles. The molecule has 1 amide bonds. The van der Waals surface area contributed by atoms with Gasteiger partial charge >= 0.3 is 6.18 Å². The van der Waals surface area contributed by atoms with Gasteiger partial charge in [-0.2, -0.15) is 18.3 Å². The van der Waals surface area contributed by atoms with Crippen LogP contribution < -0.4 is 21.9 Å². The van der Waals surface area contributed by atoms with E-state index in [1.54, 1.807) is 42.2 Å². The maximum atomic E-state index is 13.4. The lowest BCUT2D eigenvalue weighted by molar-refractivity contribution is -0.137. The molecular weight excluding hydrogens is 483 g/mol. The van der Waals surface area contributed by atoms with Gasteiger partial charge in [0, 0.05) is 43.2 Å². The van der Waals surface area contributed by atoms with Gasteiger partial charge in [-0.05, 0) is 69.4 Å². The first kappa shape index (κ1) is 29.4. The van der Waals surface area contributed by atoms with Crippen LogP contribution in [0.5, 0.6) is 0 Å². The number of carbonyl (C=O) groups is 1. The molecule has 0 saturated heterocycles. The quantitative estimate of drug-likeness (QED) is 0.188. The van der Waals surface area contributed by atoms with Gasteiger partial charge in [0.15, 0.2) is 0 Å². The van der Waals surface area contributed by atoms with Crippen molar-refractivity contribution in [1.82, 2.24) is 9.91 Å². The van der Waals surface area contributed by atoms with Crippen LogP contribution in [0, 0.1) is 6.92 Å². The molecule has 0 unspecified atom stereocenters. The van der Waals surface area contributed by atoms with E-state index in [0.29, 0.717) is 29.1 Å². The first-order valence-electron chi connectivity index (χ1n) is 11.4. The van der Waals surface area contributed by atoms with Crippen molar-refractivity contribution in [2.24, 2.45) is 16.7 Å². The zero-order valence-corrected chi connectivity index (χ0v) is 21.7. The number of nitrogens with one attached hydrogen (secondary N) is 1. The van der Waals surface area contributed by atoms with E-state index in [0.717, 1.165) is 17.7 Å². The van der Waals surface area contributed by atoms with Crippen LogP contribution in [0.2, 0.25) is 0 Å². The molecule has 0 aliphatic heterocycles. The maximum Gasteiger partial charge on any atom is 0.416 e. The summed E-state index contributed by atoms with van der Waals surface area (Å²) in [4.78, 5) is 14.6. The second-order valence-corrected chi connectivity index (χ2v) is 8.84. The summed E-state index contributed by atoms with van der Waals surface area (Å²) in [6.07, 6.45) is -1.60. The number of hydrazone groups is 1. The molecular formula is C26H34F3N7O. The van der Waals surface area contributed by atoms with Crippen LogP contribution in [0.15, 0.2) is 65.5 Å². The summed E-state index contributed by atoms with van der Waals surface area (Å²) in [6, 6.07) is 8.30. The van der Waals surface area contributed by atoms with Crippen molar-refractivity contribution >= 4 is 23.5 Å². The van der Waals surface area contributed by atoms with Crippen molar-refractivity contribution in [1.29, 1.82) is 0 Å². The van der Waals surface area contributed by atoms with E-state index < -0.39 is 17.6 Å². The van der Waals surface area contributed by atoms with Crippen LogP contribution in [-0.2, 0) is 12.7 Å². The Morgan fingerprint density at radius 3 is 2.43 bits per heavy atom. The fourth-order valence-electron chi connectivity index (χ4n) is 3.24. The molecule has 37 heavy (non-hydrogen) atoms.